The molecule has 2 aromatic heterocycles. The first-order valence-corrected chi connectivity index (χ1v) is 9.40. The molecule has 9 heteroatoms. The molecule has 0 aliphatic carbocycles. The number of anilines is 3. The number of imidazole rings is 1. The van der Waals surface area contributed by atoms with E-state index in [4.69, 9.17) is 9.47 Å². The number of aromatic nitrogens is 4. The van der Waals surface area contributed by atoms with Crippen molar-refractivity contribution in [3.8, 4) is 17.2 Å². The molecule has 1 saturated heterocycles. The number of benzene rings is 1. The highest BCUT2D eigenvalue weighted by Gasteiger charge is 2.38. The largest absolute Gasteiger partial charge is 0.494 e. The number of ether oxygens (including phenoxy) is 2. The lowest BCUT2D eigenvalue weighted by atomic mass is 10.2. The second kappa shape index (κ2) is 6.77. The number of nitrogens with one attached hydrogen (secondary N) is 1. The molecule has 4 heterocycles. The van der Waals surface area contributed by atoms with E-state index in [1.54, 1.807) is 24.5 Å². The number of nitrogens with zero attached hydrogens (tertiary/aromatic N) is 5. The zero-order chi connectivity index (χ0) is 20.0. The standard InChI is InChI=1S/C20H20N6O3/c1-12-9-25(11-22-12)15-5-3-13(7-16(15)28-2)23-20-21-8-17-19(24-20)26-14(10-29-17)4-6-18(26)27/h3,5,7-9,11,14H,4,6,10H2,1-2H3,(H,21,23,24). The molecule has 2 aliphatic heterocycles. The van der Waals surface area contributed by atoms with Gasteiger partial charge in [-0.2, -0.15) is 4.98 Å². The van der Waals surface area contributed by atoms with Crippen LogP contribution >= 0.6 is 0 Å². The third kappa shape index (κ3) is 3.04. The number of fused-ring (bicyclic) bond motifs is 3. The topological polar surface area (TPSA) is 94.4 Å². The first kappa shape index (κ1) is 17.5. The Bertz CT molecular complexity index is 1100. The van der Waals surface area contributed by atoms with Gasteiger partial charge in [0.2, 0.25) is 11.9 Å². The van der Waals surface area contributed by atoms with E-state index >= 15 is 0 Å². The van der Waals surface area contributed by atoms with Gasteiger partial charge >= 0.3 is 0 Å². The smallest absolute Gasteiger partial charge is 0.229 e. The first-order chi connectivity index (χ1) is 14.1. The van der Waals surface area contributed by atoms with Crippen LogP contribution in [0.5, 0.6) is 11.5 Å². The zero-order valence-electron chi connectivity index (χ0n) is 16.1. The van der Waals surface area contributed by atoms with Gasteiger partial charge in [0.1, 0.15) is 12.4 Å². The highest BCUT2D eigenvalue weighted by atomic mass is 16.5. The number of hydrogen-bond donors (Lipinski definition) is 1. The fourth-order valence-corrected chi connectivity index (χ4v) is 3.73. The summed E-state index contributed by atoms with van der Waals surface area (Å²) in [5.41, 5.74) is 2.57. The van der Waals surface area contributed by atoms with E-state index < -0.39 is 0 Å². The molecule has 1 fully saturated rings. The minimum absolute atomic E-state index is 0.0516. The van der Waals surface area contributed by atoms with Crippen LogP contribution in [0.4, 0.5) is 17.5 Å². The Hall–Kier alpha value is -3.62. The normalized spacial score (nSPS) is 17.5. The summed E-state index contributed by atoms with van der Waals surface area (Å²) < 4.78 is 13.2. The number of carbonyl (C=O) groups is 1. The molecule has 1 unspecified atom stereocenters. The molecule has 1 amide bonds. The van der Waals surface area contributed by atoms with Crippen LogP contribution in [0.3, 0.4) is 0 Å². The van der Waals surface area contributed by atoms with E-state index in [1.807, 2.05) is 35.9 Å². The minimum Gasteiger partial charge on any atom is -0.494 e. The molecule has 3 aromatic rings. The summed E-state index contributed by atoms with van der Waals surface area (Å²) in [4.78, 5) is 27.1. The van der Waals surface area contributed by atoms with Crippen LogP contribution in [0.25, 0.3) is 5.69 Å². The Morgan fingerprint density at radius 1 is 1.31 bits per heavy atom. The molecule has 5 rings (SSSR count). The summed E-state index contributed by atoms with van der Waals surface area (Å²) in [6, 6.07) is 5.77. The number of carbonyl (C=O) groups excluding carboxylic acids is 1. The van der Waals surface area contributed by atoms with Crippen LogP contribution in [0.2, 0.25) is 0 Å². The minimum atomic E-state index is 0.0516. The predicted octanol–water partition coefficient (Wildman–Crippen LogP) is 2.61. The van der Waals surface area contributed by atoms with Crippen molar-refractivity contribution in [3.63, 3.8) is 0 Å². The third-order valence-electron chi connectivity index (χ3n) is 5.15. The van der Waals surface area contributed by atoms with Crippen molar-refractivity contribution >= 4 is 23.4 Å². The second-order valence-electron chi connectivity index (χ2n) is 7.08. The Morgan fingerprint density at radius 2 is 2.21 bits per heavy atom. The zero-order valence-corrected chi connectivity index (χ0v) is 16.1. The van der Waals surface area contributed by atoms with Crippen molar-refractivity contribution < 1.29 is 14.3 Å². The molecule has 0 saturated carbocycles. The SMILES string of the molecule is COc1cc(Nc2ncc3c(n2)N2C(=O)CCC2CO3)ccc1-n1cnc(C)c1. The summed E-state index contributed by atoms with van der Waals surface area (Å²) in [6.45, 7) is 2.42. The number of amides is 1. The van der Waals surface area contributed by atoms with Crippen LogP contribution in [-0.2, 0) is 4.79 Å². The summed E-state index contributed by atoms with van der Waals surface area (Å²) in [5.74, 6) is 2.21. The maximum absolute atomic E-state index is 12.3. The molecular formula is C20H20N6O3. The van der Waals surface area contributed by atoms with E-state index in [-0.39, 0.29) is 11.9 Å². The summed E-state index contributed by atoms with van der Waals surface area (Å²) in [6.07, 6.45) is 6.59. The summed E-state index contributed by atoms with van der Waals surface area (Å²) >= 11 is 0. The second-order valence-corrected chi connectivity index (χ2v) is 7.08. The third-order valence-corrected chi connectivity index (χ3v) is 5.15. The molecular weight excluding hydrogens is 372 g/mol. The van der Waals surface area contributed by atoms with Gasteiger partial charge in [-0.15, -0.1) is 0 Å². The molecule has 0 radical (unpaired) electrons. The molecule has 2 aliphatic rings. The van der Waals surface area contributed by atoms with E-state index in [9.17, 15) is 4.79 Å². The molecule has 148 valence electrons. The van der Waals surface area contributed by atoms with Gasteiger partial charge in [0.15, 0.2) is 11.6 Å². The van der Waals surface area contributed by atoms with Gasteiger partial charge in [0, 0.05) is 24.4 Å². The van der Waals surface area contributed by atoms with Crippen molar-refractivity contribution in [3.05, 3.63) is 42.6 Å². The fourth-order valence-electron chi connectivity index (χ4n) is 3.73. The molecule has 9 nitrogen and oxygen atoms in total. The van der Waals surface area contributed by atoms with Crippen LogP contribution in [0, 0.1) is 6.92 Å². The molecule has 1 N–H and O–H groups in total. The van der Waals surface area contributed by atoms with Gasteiger partial charge in [0.05, 0.1) is 37.1 Å². The van der Waals surface area contributed by atoms with E-state index in [0.29, 0.717) is 36.3 Å². The average Bonchev–Trinajstić information content (AvgIpc) is 3.33. The van der Waals surface area contributed by atoms with Crippen molar-refractivity contribution in [2.45, 2.75) is 25.8 Å². The van der Waals surface area contributed by atoms with E-state index in [2.05, 4.69) is 20.3 Å². The van der Waals surface area contributed by atoms with Crippen molar-refractivity contribution in [2.75, 3.05) is 23.9 Å². The number of aryl methyl sites for hydroxylation is 1. The van der Waals surface area contributed by atoms with Crippen molar-refractivity contribution in [2.24, 2.45) is 0 Å². The highest BCUT2D eigenvalue weighted by molar-refractivity contribution is 5.97. The Labute approximate surface area is 167 Å². The quantitative estimate of drug-likeness (QED) is 0.729. The Morgan fingerprint density at radius 3 is 3.00 bits per heavy atom. The average molecular weight is 392 g/mol. The van der Waals surface area contributed by atoms with Gasteiger partial charge in [-0.1, -0.05) is 0 Å². The summed E-state index contributed by atoms with van der Waals surface area (Å²) in [7, 11) is 1.62. The van der Waals surface area contributed by atoms with Crippen LogP contribution in [0.15, 0.2) is 36.9 Å². The fraction of sp³-hybridized carbons (Fsp3) is 0.300. The monoisotopic (exact) mass is 392 g/mol. The predicted molar refractivity (Wildman–Crippen MR) is 106 cm³/mol. The van der Waals surface area contributed by atoms with Gasteiger partial charge < -0.3 is 19.4 Å². The molecule has 1 atom stereocenters. The molecule has 29 heavy (non-hydrogen) atoms. The molecule has 0 bridgehead atoms. The van der Waals surface area contributed by atoms with Crippen LogP contribution in [0.1, 0.15) is 18.5 Å². The van der Waals surface area contributed by atoms with Crippen LogP contribution < -0.4 is 19.7 Å². The van der Waals surface area contributed by atoms with Gasteiger partial charge in [0.25, 0.3) is 0 Å². The van der Waals surface area contributed by atoms with Crippen molar-refractivity contribution in [1.82, 2.24) is 19.5 Å². The Balaban J connectivity index is 1.44. The molecule has 0 spiro atoms. The van der Waals surface area contributed by atoms with Gasteiger partial charge in [-0.25, -0.2) is 9.97 Å². The van der Waals surface area contributed by atoms with E-state index in [1.165, 1.54) is 0 Å². The van der Waals surface area contributed by atoms with Gasteiger partial charge in [-0.05, 0) is 25.5 Å². The number of rotatable bonds is 4. The van der Waals surface area contributed by atoms with Crippen LogP contribution in [-0.4, -0.2) is 45.2 Å². The summed E-state index contributed by atoms with van der Waals surface area (Å²) in [5, 5.41) is 3.19. The molecule has 1 aromatic carbocycles. The highest BCUT2D eigenvalue weighted by Crippen LogP contribution is 2.37. The number of hydrogen-bond acceptors (Lipinski definition) is 7. The van der Waals surface area contributed by atoms with Gasteiger partial charge in [-0.3, -0.25) is 9.69 Å². The lowest BCUT2D eigenvalue weighted by Crippen LogP contribution is -2.41. The maximum Gasteiger partial charge on any atom is 0.229 e. The lowest BCUT2D eigenvalue weighted by molar-refractivity contribution is -0.117. The van der Waals surface area contributed by atoms with E-state index in [0.717, 1.165) is 23.5 Å². The van der Waals surface area contributed by atoms with Crippen molar-refractivity contribution in [1.29, 1.82) is 0 Å². The maximum atomic E-state index is 12.3. The first-order valence-electron chi connectivity index (χ1n) is 9.40. The lowest BCUT2D eigenvalue weighted by Gasteiger charge is -2.30. The Kier molecular flexibility index (Phi) is 4.08. The number of methoxy groups -OCH3 is 1.